The summed E-state index contributed by atoms with van der Waals surface area (Å²) in [6, 6.07) is 12.2. The predicted octanol–water partition coefficient (Wildman–Crippen LogP) is 6.90. The van der Waals surface area contributed by atoms with Crippen molar-refractivity contribution in [2.75, 3.05) is 4.90 Å². The molecule has 0 aromatic heterocycles. The topological polar surface area (TPSA) is 75.7 Å². The van der Waals surface area contributed by atoms with Gasteiger partial charge in [0.05, 0.1) is 10.2 Å². The highest BCUT2D eigenvalue weighted by atomic mass is 79.9. The molecular weight excluding hydrogens is 630 g/mol. The average Bonchev–Trinajstić information content (AvgIpc) is 2.78. The van der Waals surface area contributed by atoms with Gasteiger partial charge in [-0.2, -0.15) is 0 Å². The molecule has 0 aliphatic carbocycles. The van der Waals surface area contributed by atoms with E-state index in [0.29, 0.717) is 35.9 Å². The van der Waals surface area contributed by atoms with Crippen molar-refractivity contribution in [3.8, 4) is 5.75 Å². The summed E-state index contributed by atoms with van der Waals surface area (Å²) in [5.41, 5.74) is 0.845. The van der Waals surface area contributed by atoms with Gasteiger partial charge in [0.1, 0.15) is 23.7 Å². The minimum Gasteiger partial charge on any atom is -0.487 e. The van der Waals surface area contributed by atoms with E-state index in [0.717, 1.165) is 17.0 Å². The van der Waals surface area contributed by atoms with Crippen LogP contribution in [0.5, 0.6) is 5.75 Å². The van der Waals surface area contributed by atoms with Gasteiger partial charge in [-0.15, -0.1) is 0 Å². The van der Waals surface area contributed by atoms with Gasteiger partial charge >= 0.3 is 6.03 Å². The van der Waals surface area contributed by atoms with Crippen LogP contribution in [0.1, 0.15) is 11.1 Å². The molecule has 178 valence electrons. The van der Waals surface area contributed by atoms with Crippen LogP contribution in [0.4, 0.5) is 14.9 Å². The number of amides is 4. The minimum absolute atomic E-state index is 0.0761. The summed E-state index contributed by atoms with van der Waals surface area (Å²) in [5.74, 6) is -1.95. The number of carbonyl (C=O) groups excluding carboxylic acids is 3. The molecule has 1 aliphatic heterocycles. The largest absolute Gasteiger partial charge is 0.487 e. The molecule has 3 aromatic rings. The molecule has 1 heterocycles. The van der Waals surface area contributed by atoms with Crippen molar-refractivity contribution in [2.24, 2.45) is 0 Å². The maximum Gasteiger partial charge on any atom is 0.335 e. The number of hydrogen-bond donors (Lipinski definition) is 1. The van der Waals surface area contributed by atoms with Crippen LogP contribution in [0.2, 0.25) is 10.0 Å². The lowest BCUT2D eigenvalue weighted by atomic mass is 10.1. The van der Waals surface area contributed by atoms with E-state index in [2.05, 4.69) is 37.2 Å². The first-order valence-electron chi connectivity index (χ1n) is 9.87. The van der Waals surface area contributed by atoms with Gasteiger partial charge in [0, 0.05) is 25.6 Å². The van der Waals surface area contributed by atoms with Crippen molar-refractivity contribution in [2.45, 2.75) is 6.61 Å². The number of nitrogens with one attached hydrogen (secondary N) is 1. The van der Waals surface area contributed by atoms with E-state index < -0.39 is 23.7 Å². The minimum atomic E-state index is -0.937. The Kier molecular flexibility index (Phi) is 7.61. The molecule has 0 unspecified atom stereocenters. The fraction of sp³-hybridized carbons (Fsp3) is 0.0417. The van der Waals surface area contributed by atoms with Gasteiger partial charge in [-0.25, -0.2) is 14.1 Å². The molecule has 4 rings (SSSR count). The number of anilines is 1. The summed E-state index contributed by atoms with van der Waals surface area (Å²) in [4.78, 5) is 38.9. The Morgan fingerprint density at radius 2 is 1.71 bits per heavy atom. The molecule has 11 heteroatoms. The third kappa shape index (κ3) is 5.59. The molecule has 0 saturated carbocycles. The monoisotopic (exact) mass is 640 g/mol. The number of nitrogens with zero attached hydrogens (tertiary/aromatic N) is 1. The number of benzene rings is 3. The van der Waals surface area contributed by atoms with Crippen LogP contribution in [-0.2, 0) is 16.2 Å². The Labute approximate surface area is 225 Å². The number of barbiturate groups is 1. The lowest BCUT2D eigenvalue weighted by molar-refractivity contribution is -0.122. The molecule has 0 radical (unpaired) electrons. The van der Waals surface area contributed by atoms with Crippen LogP contribution in [0.15, 0.2) is 69.1 Å². The highest BCUT2D eigenvalue weighted by Gasteiger charge is 2.37. The third-order valence-corrected chi connectivity index (χ3v) is 6.54. The van der Waals surface area contributed by atoms with Crippen molar-refractivity contribution in [3.05, 3.63) is 96.1 Å². The molecule has 1 aliphatic rings. The summed E-state index contributed by atoms with van der Waals surface area (Å²) in [5, 5.41) is 3.03. The van der Waals surface area contributed by atoms with E-state index in [1.165, 1.54) is 18.2 Å². The smallest absolute Gasteiger partial charge is 0.335 e. The maximum absolute atomic E-state index is 13.3. The zero-order valence-electron chi connectivity index (χ0n) is 17.5. The van der Waals surface area contributed by atoms with E-state index in [1.807, 2.05) is 0 Å². The second-order valence-corrected chi connectivity index (χ2v) is 9.88. The number of ether oxygens (including phenoxy) is 1. The molecule has 35 heavy (non-hydrogen) atoms. The van der Waals surface area contributed by atoms with Crippen LogP contribution in [-0.4, -0.2) is 17.8 Å². The standard InChI is InChI=1S/C24H13Br2Cl2FN2O4/c25-14-7-13(21(19(26)9-14)35-11-12-1-2-15(27)10-20(12)28)8-18-22(32)30-24(34)31(23(18)33)17-5-3-16(29)4-6-17/h1-10H,11H2,(H,30,32,34)/b18-8+. The van der Waals surface area contributed by atoms with Crippen molar-refractivity contribution < 1.29 is 23.5 Å². The Balaban J connectivity index is 1.71. The zero-order valence-corrected chi connectivity index (χ0v) is 22.1. The van der Waals surface area contributed by atoms with Gasteiger partial charge in [-0.3, -0.25) is 14.9 Å². The normalized spacial score (nSPS) is 14.9. The molecule has 1 fully saturated rings. The van der Waals surface area contributed by atoms with Gasteiger partial charge in [0.15, 0.2) is 0 Å². The quantitative estimate of drug-likeness (QED) is 0.243. The van der Waals surface area contributed by atoms with Gasteiger partial charge in [-0.1, -0.05) is 45.2 Å². The van der Waals surface area contributed by atoms with E-state index in [1.54, 1.807) is 30.3 Å². The van der Waals surface area contributed by atoms with Gasteiger partial charge in [-0.05, 0) is 70.5 Å². The maximum atomic E-state index is 13.3. The summed E-state index contributed by atoms with van der Waals surface area (Å²) >= 11 is 19.0. The van der Waals surface area contributed by atoms with Crippen molar-refractivity contribution in [1.82, 2.24) is 5.32 Å². The molecule has 1 N–H and O–H groups in total. The molecule has 6 nitrogen and oxygen atoms in total. The molecule has 0 bridgehead atoms. The van der Waals surface area contributed by atoms with Gasteiger partial charge in [0.2, 0.25) is 0 Å². The lowest BCUT2D eigenvalue weighted by Gasteiger charge is -2.26. The summed E-state index contributed by atoms with van der Waals surface area (Å²) in [6.45, 7) is 0.0761. The summed E-state index contributed by atoms with van der Waals surface area (Å²) in [7, 11) is 0. The fourth-order valence-corrected chi connectivity index (χ4v) is 5.10. The number of urea groups is 1. The van der Waals surface area contributed by atoms with Crippen LogP contribution < -0.4 is 15.0 Å². The SMILES string of the molecule is O=C1NC(=O)N(c2ccc(F)cc2)C(=O)/C1=C/c1cc(Br)cc(Br)c1OCc1ccc(Cl)cc1Cl. The van der Waals surface area contributed by atoms with E-state index >= 15 is 0 Å². The number of hydrogen-bond acceptors (Lipinski definition) is 4. The molecule has 1 saturated heterocycles. The second-order valence-electron chi connectivity index (χ2n) is 7.26. The first-order valence-corrected chi connectivity index (χ1v) is 12.2. The molecule has 3 aromatic carbocycles. The number of rotatable bonds is 5. The predicted molar refractivity (Wildman–Crippen MR) is 138 cm³/mol. The number of imide groups is 2. The average molecular weight is 643 g/mol. The first-order chi connectivity index (χ1) is 16.6. The Hall–Kier alpha value is -2.72. The fourth-order valence-electron chi connectivity index (χ4n) is 3.27. The van der Waals surface area contributed by atoms with E-state index in [4.69, 9.17) is 27.9 Å². The summed E-state index contributed by atoms with van der Waals surface area (Å²) in [6.07, 6.45) is 1.31. The molecule has 4 amide bonds. The highest BCUT2D eigenvalue weighted by Crippen LogP contribution is 2.36. The van der Waals surface area contributed by atoms with Crippen molar-refractivity contribution in [1.29, 1.82) is 0 Å². The summed E-state index contributed by atoms with van der Waals surface area (Å²) < 4.78 is 20.5. The van der Waals surface area contributed by atoms with Gasteiger partial charge in [0.25, 0.3) is 11.8 Å². The first kappa shape index (κ1) is 25.4. The Morgan fingerprint density at radius 3 is 2.40 bits per heavy atom. The van der Waals surface area contributed by atoms with Gasteiger partial charge < -0.3 is 4.74 Å². The highest BCUT2D eigenvalue weighted by molar-refractivity contribution is 9.11. The van der Waals surface area contributed by atoms with E-state index in [9.17, 15) is 18.8 Å². The number of carbonyl (C=O) groups is 3. The molecule has 0 atom stereocenters. The Bertz CT molecular complexity index is 1400. The van der Waals surface area contributed by atoms with E-state index in [-0.39, 0.29) is 17.9 Å². The zero-order chi connectivity index (χ0) is 25.3. The second kappa shape index (κ2) is 10.5. The van der Waals surface area contributed by atoms with Crippen molar-refractivity contribution in [3.63, 3.8) is 0 Å². The molecule has 0 spiro atoms. The van der Waals surface area contributed by atoms with Crippen LogP contribution >= 0.6 is 55.1 Å². The Morgan fingerprint density at radius 1 is 1.00 bits per heavy atom. The van der Waals surface area contributed by atoms with Crippen LogP contribution in [0.3, 0.4) is 0 Å². The van der Waals surface area contributed by atoms with Crippen LogP contribution in [0.25, 0.3) is 6.08 Å². The third-order valence-electron chi connectivity index (χ3n) is 4.91. The molecular formula is C24H13Br2Cl2FN2O4. The lowest BCUT2D eigenvalue weighted by Crippen LogP contribution is -2.54. The number of halogens is 5. The van der Waals surface area contributed by atoms with Crippen molar-refractivity contribution >= 4 is 84.7 Å². The van der Waals surface area contributed by atoms with Crippen LogP contribution in [0, 0.1) is 5.82 Å².